The van der Waals surface area contributed by atoms with Gasteiger partial charge < -0.3 is 39.6 Å². The minimum atomic E-state index is -1.63. The van der Waals surface area contributed by atoms with Gasteiger partial charge in [-0.05, 0) is 36.4 Å². The Kier molecular flexibility index (Phi) is 5.92. The van der Waals surface area contributed by atoms with E-state index in [0.717, 1.165) is 0 Å². The number of ether oxygens (including phenoxy) is 1. The molecule has 0 saturated carbocycles. The van der Waals surface area contributed by atoms with E-state index in [-0.39, 0.29) is 28.3 Å². The monoisotopic (exact) mass is 432 g/mol. The van der Waals surface area contributed by atoms with Crippen LogP contribution in [0.4, 0.5) is 0 Å². The first kappa shape index (κ1) is 21.2. The fraction of sp³-hybridized carbons (Fsp3) is 0.286. The molecule has 0 spiro atoms. The van der Waals surface area contributed by atoms with Crippen molar-refractivity contribution < 1.29 is 44.5 Å². The van der Waals surface area contributed by atoms with Gasteiger partial charge in [0.15, 0.2) is 11.2 Å². The van der Waals surface area contributed by atoms with E-state index in [0.29, 0.717) is 10.9 Å². The van der Waals surface area contributed by atoms with Crippen molar-refractivity contribution >= 4 is 11.0 Å². The van der Waals surface area contributed by atoms with Crippen LogP contribution in [0.25, 0.3) is 22.3 Å². The van der Waals surface area contributed by atoms with E-state index in [2.05, 4.69) is 0 Å². The quantitative estimate of drug-likeness (QED) is 0.280. The molecule has 31 heavy (non-hydrogen) atoms. The first-order chi connectivity index (χ1) is 14.9. The predicted octanol–water partition coefficient (Wildman–Crippen LogP) is 0.276. The number of benzene rings is 2. The predicted molar refractivity (Wildman–Crippen MR) is 105 cm³/mol. The molecule has 0 radical (unpaired) electrons. The maximum Gasteiger partial charge on any atom is 0.232 e. The van der Waals surface area contributed by atoms with Gasteiger partial charge in [-0.25, -0.2) is 0 Å². The zero-order chi connectivity index (χ0) is 22.1. The van der Waals surface area contributed by atoms with Crippen LogP contribution in [0.3, 0.4) is 0 Å². The molecule has 5 N–H and O–H groups in total. The summed E-state index contributed by atoms with van der Waals surface area (Å²) in [5, 5.41) is 48.5. The molecule has 10 heteroatoms. The number of fused-ring (bicyclic) bond motifs is 1. The SMILES string of the molecule is O=c1cc(-c2ccc(O)cc2)oc2cc(OO[C@@H]3O[C@H](CO)[C@@H](O)[C@H](O)[C@H]3O)ccc12. The van der Waals surface area contributed by atoms with Gasteiger partial charge in [-0.2, -0.15) is 4.89 Å². The van der Waals surface area contributed by atoms with Crippen LogP contribution < -0.4 is 10.3 Å². The van der Waals surface area contributed by atoms with Crippen molar-refractivity contribution in [3.05, 3.63) is 58.8 Å². The molecule has 0 unspecified atom stereocenters. The fourth-order valence-electron chi connectivity index (χ4n) is 3.21. The van der Waals surface area contributed by atoms with Crippen molar-refractivity contribution in [2.24, 2.45) is 0 Å². The highest BCUT2D eigenvalue weighted by atomic mass is 17.2. The summed E-state index contributed by atoms with van der Waals surface area (Å²) in [5.41, 5.74) is 0.497. The lowest BCUT2D eigenvalue weighted by atomic mass is 9.99. The summed E-state index contributed by atoms with van der Waals surface area (Å²) >= 11 is 0. The third-order valence-electron chi connectivity index (χ3n) is 4.94. The average Bonchev–Trinajstić information content (AvgIpc) is 2.77. The summed E-state index contributed by atoms with van der Waals surface area (Å²) in [5.74, 6) is 0.466. The maximum absolute atomic E-state index is 12.4. The van der Waals surface area contributed by atoms with Gasteiger partial charge in [0.2, 0.25) is 6.29 Å². The van der Waals surface area contributed by atoms with Crippen LogP contribution in [-0.2, 0) is 9.62 Å². The van der Waals surface area contributed by atoms with Crippen LogP contribution in [0.2, 0.25) is 0 Å². The molecule has 10 nitrogen and oxygen atoms in total. The molecular formula is C21H20O10. The van der Waals surface area contributed by atoms with Gasteiger partial charge in [0, 0.05) is 17.7 Å². The molecule has 3 aromatic rings. The largest absolute Gasteiger partial charge is 0.508 e. The molecule has 2 heterocycles. The summed E-state index contributed by atoms with van der Waals surface area (Å²) < 4.78 is 11.0. The molecule has 1 aliphatic heterocycles. The minimum Gasteiger partial charge on any atom is -0.508 e. The Balaban J connectivity index is 1.56. The van der Waals surface area contributed by atoms with Crippen LogP contribution >= 0.6 is 0 Å². The molecule has 1 fully saturated rings. The molecule has 164 valence electrons. The van der Waals surface area contributed by atoms with Crippen LogP contribution in [0.15, 0.2) is 57.7 Å². The smallest absolute Gasteiger partial charge is 0.232 e. The molecule has 0 aliphatic carbocycles. The molecule has 1 saturated heterocycles. The van der Waals surface area contributed by atoms with Crippen molar-refractivity contribution in [1.82, 2.24) is 0 Å². The molecular weight excluding hydrogens is 412 g/mol. The van der Waals surface area contributed by atoms with E-state index in [1.165, 1.54) is 36.4 Å². The highest BCUT2D eigenvalue weighted by Crippen LogP contribution is 2.27. The zero-order valence-electron chi connectivity index (χ0n) is 16.0. The Hall–Kier alpha value is -2.99. The molecule has 0 amide bonds. The Labute approximate surface area is 175 Å². The van der Waals surface area contributed by atoms with E-state index >= 15 is 0 Å². The van der Waals surface area contributed by atoms with Gasteiger partial charge in [-0.15, -0.1) is 0 Å². The van der Waals surface area contributed by atoms with Crippen molar-refractivity contribution in [2.75, 3.05) is 6.61 Å². The molecule has 4 rings (SSSR count). The number of hydrogen-bond donors (Lipinski definition) is 5. The molecule has 0 bridgehead atoms. The normalized spacial score (nSPS) is 26.1. The first-order valence-electron chi connectivity index (χ1n) is 9.38. The van der Waals surface area contributed by atoms with Gasteiger partial charge >= 0.3 is 0 Å². The lowest BCUT2D eigenvalue weighted by Crippen LogP contribution is -2.59. The van der Waals surface area contributed by atoms with Crippen molar-refractivity contribution in [1.29, 1.82) is 0 Å². The number of rotatable bonds is 5. The summed E-state index contributed by atoms with van der Waals surface area (Å²) in [7, 11) is 0. The fourth-order valence-corrected chi connectivity index (χ4v) is 3.21. The number of hydrogen-bond acceptors (Lipinski definition) is 10. The van der Waals surface area contributed by atoms with Gasteiger partial charge in [0.05, 0.1) is 12.0 Å². The van der Waals surface area contributed by atoms with Crippen LogP contribution in [0, 0.1) is 0 Å². The van der Waals surface area contributed by atoms with Gasteiger partial charge in [-0.3, -0.25) is 4.79 Å². The van der Waals surface area contributed by atoms with Crippen molar-refractivity contribution in [2.45, 2.75) is 30.7 Å². The first-order valence-corrected chi connectivity index (χ1v) is 9.38. The Bertz CT molecular complexity index is 1110. The summed E-state index contributed by atoms with van der Waals surface area (Å²) in [6.07, 6.45) is -7.39. The van der Waals surface area contributed by atoms with E-state index in [4.69, 9.17) is 18.9 Å². The number of aliphatic hydroxyl groups excluding tert-OH is 4. The second-order valence-electron chi connectivity index (χ2n) is 7.06. The number of phenols is 1. The highest BCUT2D eigenvalue weighted by Gasteiger charge is 2.45. The maximum atomic E-state index is 12.4. The molecule has 1 aromatic heterocycles. The van der Waals surface area contributed by atoms with E-state index < -0.39 is 37.3 Å². The summed E-state index contributed by atoms with van der Waals surface area (Å²) in [6.45, 7) is -0.605. The van der Waals surface area contributed by atoms with Crippen molar-refractivity contribution in [3.8, 4) is 22.8 Å². The molecule has 1 aliphatic rings. The Morgan fingerprint density at radius 1 is 0.935 bits per heavy atom. The van der Waals surface area contributed by atoms with Crippen LogP contribution in [0.1, 0.15) is 0 Å². The lowest BCUT2D eigenvalue weighted by Gasteiger charge is -2.38. The molecule has 2 aromatic carbocycles. The third kappa shape index (κ3) is 4.26. The minimum absolute atomic E-state index is 0.0768. The molecule has 5 atom stereocenters. The van der Waals surface area contributed by atoms with Gasteiger partial charge in [0.25, 0.3) is 0 Å². The van der Waals surface area contributed by atoms with E-state index in [9.17, 15) is 30.3 Å². The second-order valence-corrected chi connectivity index (χ2v) is 7.06. The van der Waals surface area contributed by atoms with Crippen molar-refractivity contribution in [3.63, 3.8) is 0 Å². The van der Waals surface area contributed by atoms with Gasteiger partial charge in [0.1, 0.15) is 41.5 Å². The number of aromatic hydroxyl groups is 1. The van der Waals surface area contributed by atoms with Gasteiger partial charge in [-0.1, -0.05) is 0 Å². The summed E-state index contributed by atoms with van der Waals surface area (Å²) in [6, 6.07) is 11.8. The van der Waals surface area contributed by atoms with Crippen LogP contribution in [-0.4, -0.2) is 62.8 Å². The average molecular weight is 432 g/mol. The lowest BCUT2D eigenvalue weighted by molar-refractivity contribution is -0.386. The highest BCUT2D eigenvalue weighted by molar-refractivity contribution is 5.80. The second kappa shape index (κ2) is 8.63. The summed E-state index contributed by atoms with van der Waals surface area (Å²) in [4.78, 5) is 22.6. The standard InChI is InChI=1S/C21H20O10/c22-9-17-18(25)19(26)20(27)21(29-17)31-30-12-5-6-13-14(24)8-15(28-16(13)7-12)10-1-3-11(23)4-2-10/h1-8,17-23,25-27H,9H2/t17-,18-,19+,20-,21+/m1/s1. The third-order valence-corrected chi connectivity index (χ3v) is 4.94. The number of phenolic OH excluding ortho intramolecular Hbond substituents is 1. The number of aliphatic hydroxyl groups is 4. The Morgan fingerprint density at radius 3 is 2.39 bits per heavy atom. The Morgan fingerprint density at radius 2 is 1.68 bits per heavy atom. The van der Waals surface area contributed by atoms with Crippen LogP contribution in [0.5, 0.6) is 11.5 Å². The topological polar surface area (TPSA) is 159 Å². The van der Waals surface area contributed by atoms with E-state index in [1.807, 2.05) is 0 Å². The van der Waals surface area contributed by atoms with E-state index in [1.54, 1.807) is 12.1 Å². The zero-order valence-corrected chi connectivity index (χ0v) is 16.0.